The zero-order valence-corrected chi connectivity index (χ0v) is 4.63. The summed E-state index contributed by atoms with van der Waals surface area (Å²) < 4.78 is 0. The van der Waals surface area contributed by atoms with E-state index in [-0.39, 0.29) is 5.70 Å². The molecular weight excluding hydrogens is 106 g/mol. The van der Waals surface area contributed by atoms with Gasteiger partial charge in [-0.25, -0.2) is 0 Å². The Balaban J connectivity index is 3.85. The van der Waals surface area contributed by atoms with Crippen LogP contribution in [0.2, 0.25) is 0 Å². The molecule has 0 aliphatic carbocycles. The van der Waals surface area contributed by atoms with Crippen LogP contribution < -0.4 is 0 Å². The van der Waals surface area contributed by atoms with E-state index in [4.69, 9.17) is 0 Å². The van der Waals surface area contributed by atoms with E-state index < -0.39 is 4.92 Å². The average molecular weight is 113 g/mol. The van der Waals surface area contributed by atoms with Crippen LogP contribution in [0.25, 0.3) is 0 Å². The van der Waals surface area contributed by atoms with Gasteiger partial charge >= 0.3 is 0 Å². The summed E-state index contributed by atoms with van der Waals surface area (Å²) in [4.78, 5) is 9.22. The Labute approximate surface area is 47.5 Å². The van der Waals surface area contributed by atoms with Crippen molar-refractivity contribution in [2.45, 2.75) is 6.92 Å². The first-order valence-electron chi connectivity index (χ1n) is 2.14. The van der Waals surface area contributed by atoms with Crippen molar-refractivity contribution < 1.29 is 4.92 Å². The predicted molar refractivity (Wildman–Crippen MR) is 30.9 cm³/mol. The van der Waals surface area contributed by atoms with E-state index >= 15 is 0 Å². The molecule has 0 aliphatic heterocycles. The van der Waals surface area contributed by atoms with Crippen LogP contribution in [-0.2, 0) is 0 Å². The van der Waals surface area contributed by atoms with Gasteiger partial charge in [0.2, 0.25) is 0 Å². The van der Waals surface area contributed by atoms with Gasteiger partial charge in [-0.1, -0.05) is 6.08 Å². The topological polar surface area (TPSA) is 43.1 Å². The highest BCUT2D eigenvalue weighted by molar-refractivity contribution is 5.03. The van der Waals surface area contributed by atoms with E-state index in [0.717, 1.165) is 0 Å². The number of nitro groups is 1. The standard InChI is InChI=1S/C5H7NO2/c1-3-4-5(2)6(7)8/h3-4H,2H2,1H3/b4-3-. The lowest BCUT2D eigenvalue weighted by Gasteiger charge is -1.82. The summed E-state index contributed by atoms with van der Waals surface area (Å²) in [6.07, 6.45) is 2.92. The molecule has 0 aromatic heterocycles. The molecule has 3 nitrogen and oxygen atoms in total. The number of hydrogen-bond donors (Lipinski definition) is 0. The molecule has 44 valence electrons. The first kappa shape index (κ1) is 6.88. The third-order valence-electron chi connectivity index (χ3n) is 0.594. The summed E-state index contributed by atoms with van der Waals surface area (Å²) in [5.74, 6) is 0. The van der Waals surface area contributed by atoms with Crippen LogP contribution in [0, 0.1) is 10.1 Å². The summed E-state index contributed by atoms with van der Waals surface area (Å²) in [5.41, 5.74) is -0.0764. The lowest BCUT2D eigenvalue weighted by molar-refractivity contribution is -0.418. The van der Waals surface area contributed by atoms with Crippen molar-refractivity contribution in [2.24, 2.45) is 0 Å². The molecule has 0 aromatic carbocycles. The van der Waals surface area contributed by atoms with Gasteiger partial charge in [-0.05, 0) is 13.5 Å². The molecule has 8 heavy (non-hydrogen) atoms. The Morgan fingerprint density at radius 3 is 2.50 bits per heavy atom. The van der Waals surface area contributed by atoms with E-state index in [9.17, 15) is 10.1 Å². The van der Waals surface area contributed by atoms with Gasteiger partial charge in [0.1, 0.15) is 0 Å². The largest absolute Gasteiger partial charge is 0.261 e. The van der Waals surface area contributed by atoms with Crippen LogP contribution >= 0.6 is 0 Å². The van der Waals surface area contributed by atoms with E-state index in [2.05, 4.69) is 6.58 Å². The molecule has 0 spiro atoms. The van der Waals surface area contributed by atoms with Gasteiger partial charge in [-0.3, -0.25) is 10.1 Å². The summed E-state index contributed by atoms with van der Waals surface area (Å²) in [6.45, 7) is 4.86. The molecule has 0 saturated heterocycles. The van der Waals surface area contributed by atoms with Crippen LogP contribution in [0.5, 0.6) is 0 Å². The average Bonchev–Trinajstić information content (AvgIpc) is 1.67. The van der Waals surface area contributed by atoms with E-state index in [1.54, 1.807) is 13.0 Å². The smallest absolute Gasteiger partial charge is 0.258 e. The zero-order chi connectivity index (χ0) is 6.57. The van der Waals surface area contributed by atoms with Gasteiger partial charge in [0, 0.05) is 6.08 Å². The SMILES string of the molecule is C=C(/C=C\C)[N+](=O)[O-]. The van der Waals surface area contributed by atoms with Crippen molar-refractivity contribution in [3.8, 4) is 0 Å². The second-order valence-corrected chi connectivity index (χ2v) is 1.25. The van der Waals surface area contributed by atoms with Crippen LogP contribution in [0.15, 0.2) is 24.4 Å². The Bertz CT molecular complexity index is 137. The summed E-state index contributed by atoms with van der Waals surface area (Å²) in [6, 6.07) is 0. The molecule has 0 aromatic rings. The first-order valence-corrected chi connectivity index (χ1v) is 2.14. The van der Waals surface area contributed by atoms with Crippen molar-refractivity contribution in [1.29, 1.82) is 0 Å². The van der Waals surface area contributed by atoms with Crippen LogP contribution in [-0.4, -0.2) is 4.92 Å². The summed E-state index contributed by atoms with van der Waals surface area (Å²) in [7, 11) is 0. The highest BCUT2D eigenvalue weighted by Crippen LogP contribution is 1.90. The quantitative estimate of drug-likeness (QED) is 0.308. The molecule has 0 bridgehead atoms. The van der Waals surface area contributed by atoms with Gasteiger partial charge in [-0.2, -0.15) is 0 Å². The molecule has 0 N–H and O–H groups in total. The number of allylic oxidation sites excluding steroid dienone is 2. The Hall–Kier alpha value is -1.12. The van der Waals surface area contributed by atoms with Crippen LogP contribution in [0.4, 0.5) is 0 Å². The second-order valence-electron chi connectivity index (χ2n) is 1.25. The van der Waals surface area contributed by atoms with Crippen LogP contribution in [0.3, 0.4) is 0 Å². The van der Waals surface area contributed by atoms with E-state index in [0.29, 0.717) is 0 Å². The molecule has 0 heterocycles. The highest BCUT2D eigenvalue weighted by atomic mass is 16.6. The Morgan fingerprint density at radius 1 is 1.88 bits per heavy atom. The van der Waals surface area contributed by atoms with Crippen molar-refractivity contribution in [3.05, 3.63) is 34.5 Å². The maximum Gasteiger partial charge on any atom is 0.261 e. The number of hydrogen-bond acceptors (Lipinski definition) is 2. The zero-order valence-electron chi connectivity index (χ0n) is 4.63. The predicted octanol–water partition coefficient (Wildman–Crippen LogP) is 1.35. The molecule has 0 atom stereocenters. The lowest BCUT2D eigenvalue weighted by Crippen LogP contribution is -1.91. The van der Waals surface area contributed by atoms with Gasteiger partial charge in [-0.15, -0.1) is 0 Å². The van der Waals surface area contributed by atoms with E-state index in [1.165, 1.54) is 6.08 Å². The molecule has 0 unspecified atom stereocenters. The maximum atomic E-state index is 9.74. The fourth-order valence-corrected chi connectivity index (χ4v) is 0.253. The maximum absolute atomic E-state index is 9.74. The molecule has 3 heteroatoms. The molecular formula is C5H7NO2. The van der Waals surface area contributed by atoms with Crippen molar-refractivity contribution in [1.82, 2.24) is 0 Å². The minimum Gasteiger partial charge on any atom is -0.258 e. The van der Waals surface area contributed by atoms with Gasteiger partial charge in [0.15, 0.2) is 0 Å². The summed E-state index contributed by atoms with van der Waals surface area (Å²) >= 11 is 0. The lowest BCUT2D eigenvalue weighted by atomic mass is 10.4. The second kappa shape index (κ2) is 2.96. The molecule has 0 saturated carbocycles. The summed E-state index contributed by atoms with van der Waals surface area (Å²) in [5, 5.41) is 9.74. The van der Waals surface area contributed by atoms with Gasteiger partial charge < -0.3 is 0 Å². The normalized spacial score (nSPS) is 9.62. The monoisotopic (exact) mass is 113 g/mol. The van der Waals surface area contributed by atoms with E-state index in [1.807, 2.05) is 0 Å². The van der Waals surface area contributed by atoms with Crippen molar-refractivity contribution in [2.75, 3.05) is 0 Å². The highest BCUT2D eigenvalue weighted by Gasteiger charge is 1.96. The van der Waals surface area contributed by atoms with Crippen molar-refractivity contribution in [3.63, 3.8) is 0 Å². The Kier molecular flexibility index (Phi) is 2.54. The third kappa shape index (κ3) is 2.12. The van der Waals surface area contributed by atoms with Gasteiger partial charge in [0.05, 0.1) is 4.92 Å². The van der Waals surface area contributed by atoms with Crippen LogP contribution in [0.1, 0.15) is 6.92 Å². The Morgan fingerprint density at radius 2 is 2.38 bits per heavy atom. The fourth-order valence-electron chi connectivity index (χ4n) is 0.253. The third-order valence-corrected chi connectivity index (χ3v) is 0.594. The fraction of sp³-hybridized carbons (Fsp3) is 0.200. The molecule has 0 fully saturated rings. The molecule has 0 radical (unpaired) electrons. The number of rotatable bonds is 2. The minimum atomic E-state index is -0.528. The van der Waals surface area contributed by atoms with Gasteiger partial charge in [0.25, 0.3) is 5.70 Å². The molecule has 0 aliphatic rings. The molecule has 0 amide bonds. The minimum absolute atomic E-state index is 0.0764. The first-order chi connectivity index (χ1) is 3.68. The number of nitrogens with zero attached hydrogens (tertiary/aromatic N) is 1. The molecule has 0 rings (SSSR count). The van der Waals surface area contributed by atoms with Crippen molar-refractivity contribution >= 4 is 0 Å².